The summed E-state index contributed by atoms with van der Waals surface area (Å²) in [7, 11) is 2.13. The van der Waals surface area contributed by atoms with Gasteiger partial charge in [0.15, 0.2) is 6.29 Å². The van der Waals surface area contributed by atoms with E-state index in [1.165, 1.54) is 30.3 Å². The summed E-state index contributed by atoms with van der Waals surface area (Å²) >= 11 is 0. The van der Waals surface area contributed by atoms with E-state index in [9.17, 15) is 19.8 Å². The Balaban J connectivity index is 1.46. The smallest absolute Gasteiger partial charge is 0.298 e. The minimum absolute atomic E-state index is 0.0200. The van der Waals surface area contributed by atoms with Crippen LogP contribution >= 0.6 is 0 Å². The number of aromatic nitrogens is 3. The number of benzene rings is 2. The molecule has 0 radical (unpaired) electrons. The molecule has 214 valence electrons. The number of aromatic amines is 1. The number of piperazine rings is 1. The summed E-state index contributed by atoms with van der Waals surface area (Å²) in [6, 6.07) is 15.2. The van der Waals surface area contributed by atoms with Crippen molar-refractivity contribution in [3.63, 3.8) is 0 Å². The third kappa shape index (κ3) is 6.71. The standard InChI is InChI=1S/C30H34N6O5/c1-30(2,40)19-36-24-16-20(17-35-14-12-34(3)13-15-35)10-11-22(24)32-29(36)33-28(39)23-6-4-9-27(31-23)41-26-8-5-7-25(38)21(26)18-37/h4-11,16,18,38,40H,12-15,17,19H2,1-3H3,(H,32,33,39). The average Bonchev–Trinajstić information content (AvgIpc) is 3.25. The lowest BCUT2D eigenvalue weighted by Gasteiger charge is -2.32. The number of phenolic OH excluding ortho intramolecular Hbond substituents is 1. The molecule has 0 saturated carbocycles. The zero-order chi connectivity index (χ0) is 29.1. The third-order valence-electron chi connectivity index (χ3n) is 6.93. The number of nitrogens with one attached hydrogen (secondary N) is 1. The number of aromatic hydroxyl groups is 1. The average molecular weight is 559 g/mol. The Labute approximate surface area is 237 Å². The second kappa shape index (κ2) is 11.7. The maximum atomic E-state index is 13.3. The van der Waals surface area contributed by atoms with Crippen LogP contribution in [0.1, 0.15) is 40.3 Å². The van der Waals surface area contributed by atoms with Crippen molar-refractivity contribution in [2.75, 3.05) is 33.2 Å². The highest BCUT2D eigenvalue weighted by atomic mass is 16.5. The van der Waals surface area contributed by atoms with Gasteiger partial charge in [0.05, 0.1) is 28.7 Å². The summed E-state index contributed by atoms with van der Waals surface area (Å²) < 4.78 is 7.50. The van der Waals surface area contributed by atoms with Gasteiger partial charge in [-0.1, -0.05) is 18.2 Å². The van der Waals surface area contributed by atoms with E-state index < -0.39 is 11.5 Å². The molecule has 4 aromatic rings. The number of aldehydes is 1. The SMILES string of the molecule is CN1CCN(Cc2ccc3[nH]/c(=N\C(=O)c4cccc(Oc5cccc(O)c5C=O)n4)n(CC(C)(C)O)c3c2)CC1. The number of likely N-dealkylation sites (N-methyl/N-ethyl adjacent to an activating group) is 1. The van der Waals surface area contributed by atoms with Gasteiger partial charge in [-0.15, -0.1) is 0 Å². The first kappa shape index (κ1) is 28.2. The summed E-state index contributed by atoms with van der Waals surface area (Å²) in [5, 5.41) is 20.6. The van der Waals surface area contributed by atoms with Crippen LogP contribution in [-0.4, -0.2) is 85.6 Å². The van der Waals surface area contributed by atoms with Crippen molar-refractivity contribution >= 4 is 23.2 Å². The number of aliphatic hydroxyl groups is 1. The number of fused-ring (bicyclic) bond motifs is 1. The van der Waals surface area contributed by atoms with E-state index in [4.69, 9.17) is 4.74 Å². The van der Waals surface area contributed by atoms with E-state index in [0.717, 1.165) is 49.3 Å². The minimum Gasteiger partial charge on any atom is -0.507 e. The van der Waals surface area contributed by atoms with Crippen LogP contribution < -0.4 is 10.4 Å². The first-order chi connectivity index (χ1) is 19.6. The number of hydrogen-bond acceptors (Lipinski definition) is 8. The molecule has 1 aliphatic rings. The number of carbonyl (C=O) groups is 2. The van der Waals surface area contributed by atoms with E-state index in [1.807, 2.05) is 10.6 Å². The topological polar surface area (TPSA) is 136 Å². The number of nitrogens with zero attached hydrogens (tertiary/aromatic N) is 5. The molecule has 3 heterocycles. The lowest BCUT2D eigenvalue weighted by molar-refractivity contribution is 0.0612. The van der Waals surface area contributed by atoms with Crippen molar-refractivity contribution < 1.29 is 24.5 Å². The van der Waals surface area contributed by atoms with Crippen LogP contribution in [0.25, 0.3) is 11.0 Å². The number of phenols is 1. The highest BCUT2D eigenvalue weighted by molar-refractivity contribution is 5.93. The van der Waals surface area contributed by atoms with Crippen LogP contribution in [0.15, 0.2) is 59.6 Å². The van der Waals surface area contributed by atoms with Crippen molar-refractivity contribution in [2.24, 2.45) is 4.99 Å². The van der Waals surface area contributed by atoms with Gasteiger partial charge in [-0.05, 0) is 56.8 Å². The highest BCUT2D eigenvalue weighted by Gasteiger charge is 2.20. The first-order valence-electron chi connectivity index (χ1n) is 13.5. The summed E-state index contributed by atoms with van der Waals surface area (Å²) in [5.74, 6) is -0.661. The van der Waals surface area contributed by atoms with Crippen LogP contribution in [-0.2, 0) is 13.1 Å². The van der Waals surface area contributed by atoms with E-state index in [-0.39, 0.29) is 40.8 Å². The number of pyridine rings is 1. The molecule has 1 amide bonds. The van der Waals surface area contributed by atoms with Crippen molar-refractivity contribution in [1.82, 2.24) is 24.3 Å². The number of ether oxygens (including phenoxy) is 1. The fourth-order valence-corrected chi connectivity index (χ4v) is 4.80. The summed E-state index contributed by atoms with van der Waals surface area (Å²) in [6.07, 6.45) is 0.489. The fourth-order valence-electron chi connectivity index (χ4n) is 4.80. The number of imidazole rings is 1. The highest BCUT2D eigenvalue weighted by Crippen LogP contribution is 2.29. The van der Waals surface area contributed by atoms with Crippen molar-refractivity contribution in [3.8, 4) is 17.4 Å². The fraction of sp³-hybridized carbons (Fsp3) is 0.333. The molecule has 1 saturated heterocycles. The van der Waals surface area contributed by atoms with Crippen LogP contribution in [0.5, 0.6) is 17.4 Å². The lowest BCUT2D eigenvalue weighted by atomic mass is 10.1. The molecular weight excluding hydrogens is 524 g/mol. The zero-order valence-corrected chi connectivity index (χ0v) is 23.4. The zero-order valence-electron chi connectivity index (χ0n) is 23.4. The summed E-state index contributed by atoms with van der Waals surface area (Å²) in [5.41, 5.74) is 1.99. The number of rotatable bonds is 8. The number of H-pyrrole nitrogens is 1. The number of hydrogen-bond donors (Lipinski definition) is 3. The first-order valence-corrected chi connectivity index (χ1v) is 13.5. The second-order valence-corrected chi connectivity index (χ2v) is 11.0. The largest absolute Gasteiger partial charge is 0.507 e. The second-order valence-electron chi connectivity index (χ2n) is 11.0. The Morgan fingerprint density at radius 2 is 1.88 bits per heavy atom. The van der Waals surface area contributed by atoms with E-state index in [0.29, 0.717) is 6.29 Å². The molecule has 0 bridgehead atoms. The van der Waals surface area contributed by atoms with Gasteiger partial charge in [0.1, 0.15) is 17.2 Å². The van der Waals surface area contributed by atoms with Gasteiger partial charge < -0.3 is 29.4 Å². The van der Waals surface area contributed by atoms with E-state index in [2.05, 4.69) is 43.9 Å². The molecule has 2 aromatic heterocycles. The van der Waals surface area contributed by atoms with E-state index >= 15 is 0 Å². The third-order valence-corrected chi connectivity index (χ3v) is 6.93. The van der Waals surface area contributed by atoms with Gasteiger partial charge in [0.25, 0.3) is 5.91 Å². The van der Waals surface area contributed by atoms with Gasteiger partial charge in [-0.3, -0.25) is 14.5 Å². The molecule has 2 aromatic carbocycles. The lowest BCUT2D eigenvalue weighted by Crippen LogP contribution is -2.43. The van der Waals surface area contributed by atoms with Crippen LogP contribution in [0.3, 0.4) is 0 Å². The number of amides is 1. The summed E-state index contributed by atoms with van der Waals surface area (Å²) in [6.45, 7) is 8.48. The molecule has 11 heteroatoms. The van der Waals surface area contributed by atoms with Gasteiger partial charge in [0, 0.05) is 38.8 Å². The van der Waals surface area contributed by atoms with Crippen molar-refractivity contribution in [3.05, 3.63) is 77.0 Å². The molecule has 1 aliphatic heterocycles. The molecule has 1 fully saturated rings. The van der Waals surface area contributed by atoms with Crippen molar-refractivity contribution in [2.45, 2.75) is 32.5 Å². The molecule has 0 atom stereocenters. The van der Waals surface area contributed by atoms with Crippen molar-refractivity contribution in [1.29, 1.82) is 0 Å². The number of carbonyl (C=O) groups excluding carboxylic acids is 2. The molecule has 11 nitrogen and oxygen atoms in total. The van der Waals surface area contributed by atoms with Crippen LogP contribution in [0, 0.1) is 0 Å². The van der Waals surface area contributed by atoms with Gasteiger partial charge in [0.2, 0.25) is 11.5 Å². The molecule has 3 N–H and O–H groups in total. The molecule has 0 unspecified atom stereocenters. The monoisotopic (exact) mass is 558 g/mol. The maximum absolute atomic E-state index is 13.3. The Bertz CT molecular complexity index is 1640. The summed E-state index contributed by atoms with van der Waals surface area (Å²) in [4.78, 5) is 41.2. The molecular formula is C30H34N6O5. The van der Waals surface area contributed by atoms with Crippen LogP contribution in [0.2, 0.25) is 0 Å². The van der Waals surface area contributed by atoms with E-state index in [1.54, 1.807) is 19.9 Å². The molecule has 5 rings (SSSR count). The van der Waals surface area contributed by atoms with Crippen LogP contribution in [0.4, 0.5) is 0 Å². The Morgan fingerprint density at radius 3 is 2.61 bits per heavy atom. The quantitative estimate of drug-likeness (QED) is 0.281. The Morgan fingerprint density at radius 1 is 1.12 bits per heavy atom. The minimum atomic E-state index is -1.07. The normalized spacial score (nSPS) is 15.4. The maximum Gasteiger partial charge on any atom is 0.298 e. The van der Waals surface area contributed by atoms with Gasteiger partial charge in [-0.2, -0.15) is 4.99 Å². The Hall–Kier alpha value is -4.32. The van der Waals surface area contributed by atoms with Gasteiger partial charge >= 0.3 is 0 Å². The predicted octanol–water partition coefficient (Wildman–Crippen LogP) is 2.93. The van der Waals surface area contributed by atoms with Gasteiger partial charge in [-0.25, -0.2) is 4.98 Å². The molecule has 0 spiro atoms. The molecule has 0 aliphatic carbocycles. The predicted molar refractivity (Wildman–Crippen MR) is 153 cm³/mol. The molecule has 41 heavy (non-hydrogen) atoms. The Kier molecular flexibility index (Phi) is 8.02.